The molecule has 2 amide bonds. The Morgan fingerprint density at radius 2 is 1.91 bits per heavy atom. The first-order chi connectivity index (χ1) is 15.6. The number of nitrogens with one attached hydrogen (secondary N) is 2. The summed E-state index contributed by atoms with van der Waals surface area (Å²) in [5.41, 5.74) is -0.317. The standard InChI is InChI=1S/C24H26F4N2O3/c1-33-19-7-4-17(20(25)14-19)15-23(12-9-22(32)30-23)11-8-21(31)29-13-10-16-2-5-18(6-3-16)24(26,27)28/h2-7,14H,8-13,15H2,1H3,(H,29,31)(H,30,32)/t23-/m1/s1. The van der Waals surface area contributed by atoms with Crippen molar-refractivity contribution in [3.8, 4) is 5.75 Å². The van der Waals surface area contributed by atoms with Crippen LogP contribution in [0.2, 0.25) is 0 Å². The first-order valence-electron chi connectivity index (χ1n) is 10.7. The highest BCUT2D eigenvalue weighted by Gasteiger charge is 2.38. The molecule has 178 valence electrons. The molecule has 0 bridgehead atoms. The lowest BCUT2D eigenvalue weighted by Crippen LogP contribution is -2.44. The molecular weight excluding hydrogens is 440 g/mol. The number of methoxy groups -OCH3 is 1. The molecule has 0 radical (unpaired) electrons. The van der Waals surface area contributed by atoms with Crippen molar-refractivity contribution >= 4 is 11.8 Å². The van der Waals surface area contributed by atoms with E-state index >= 15 is 0 Å². The Kier molecular flexibility index (Phi) is 7.61. The molecule has 1 heterocycles. The van der Waals surface area contributed by atoms with Crippen LogP contribution in [0.3, 0.4) is 0 Å². The monoisotopic (exact) mass is 466 g/mol. The molecule has 1 atom stereocenters. The minimum Gasteiger partial charge on any atom is -0.497 e. The van der Waals surface area contributed by atoms with Gasteiger partial charge in [-0.25, -0.2) is 4.39 Å². The summed E-state index contributed by atoms with van der Waals surface area (Å²) in [6.45, 7) is 0.274. The molecule has 0 spiro atoms. The molecule has 0 saturated carbocycles. The second-order valence-corrected chi connectivity index (χ2v) is 8.26. The van der Waals surface area contributed by atoms with Gasteiger partial charge in [-0.2, -0.15) is 13.2 Å². The molecule has 0 unspecified atom stereocenters. The zero-order valence-electron chi connectivity index (χ0n) is 18.2. The third-order valence-corrected chi connectivity index (χ3v) is 5.87. The summed E-state index contributed by atoms with van der Waals surface area (Å²) in [6, 6.07) is 9.36. The van der Waals surface area contributed by atoms with Crippen molar-refractivity contribution in [3.63, 3.8) is 0 Å². The van der Waals surface area contributed by atoms with Crippen molar-refractivity contribution in [1.29, 1.82) is 0 Å². The van der Waals surface area contributed by atoms with Gasteiger partial charge < -0.3 is 15.4 Å². The van der Waals surface area contributed by atoms with Crippen molar-refractivity contribution in [2.45, 2.75) is 50.2 Å². The number of benzene rings is 2. The average molecular weight is 466 g/mol. The van der Waals surface area contributed by atoms with Gasteiger partial charge in [0.25, 0.3) is 0 Å². The minimum atomic E-state index is -4.38. The average Bonchev–Trinajstić information content (AvgIpc) is 3.14. The lowest BCUT2D eigenvalue weighted by molar-refractivity contribution is -0.137. The van der Waals surface area contributed by atoms with Crippen LogP contribution in [0.25, 0.3) is 0 Å². The van der Waals surface area contributed by atoms with E-state index in [1.807, 2.05) is 0 Å². The molecule has 2 aromatic rings. The summed E-state index contributed by atoms with van der Waals surface area (Å²) in [6.07, 6.45) is -2.45. The normalized spacial score (nSPS) is 18.2. The maximum absolute atomic E-state index is 14.4. The van der Waals surface area contributed by atoms with Gasteiger partial charge in [0, 0.05) is 31.0 Å². The number of carbonyl (C=O) groups excluding carboxylic acids is 2. The van der Waals surface area contributed by atoms with Crippen molar-refractivity contribution in [3.05, 3.63) is 65.0 Å². The molecule has 0 aromatic heterocycles. The van der Waals surface area contributed by atoms with E-state index < -0.39 is 23.1 Å². The van der Waals surface area contributed by atoms with E-state index in [4.69, 9.17) is 4.74 Å². The molecule has 1 saturated heterocycles. The predicted octanol–water partition coefficient (Wildman–Crippen LogP) is 4.18. The van der Waals surface area contributed by atoms with Gasteiger partial charge in [0.05, 0.1) is 12.7 Å². The zero-order valence-corrected chi connectivity index (χ0v) is 18.2. The van der Waals surface area contributed by atoms with Gasteiger partial charge in [0.1, 0.15) is 11.6 Å². The van der Waals surface area contributed by atoms with E-state index in [-0.39, 0.29) is 31.2 Å². The first-order valence-corrected chi connectivity index (χ1v) is 10.7. The molecule has 1 fully saturated rings. The SMILES string of the molecule is COc1ccc(C[C@@]2(CCC(=O)NCCc3ccc(C(F)(F)F)cc3)CCC(=O)N2)c(F)c1. The number of halogens is 4. The van der Waals surface area contributed by atoms with E-state index in [0.29, 0.717) is 42.6 Å². The maximum atomic E-state index is 14.4. The highest BCUT2D eigenvalue weighted by Crippen LogP contribution is 2.31. The third kappa shape index (κ3) is 6.69. The topological polar surface area (TPSA) is 67.4 Å². The predicted molar refractivity (Wildman–Crippen MR) is 114 cm³/mol. The van der Waals surface area contributed by atoms with E-state index in [1.54, 1.807) is 12.1 Å². The molecule has 5 nitrogen and oxygen atoms in total. The van der Waals surface area contributed by atoms with Crippen LogP contribution < -0.4 is 15.4 Å². The first kappa shape index (κ1) is 24.5. The lowest BCUT2D eigenvalue weighted by atomic mass is 9.84. The van der Waals surface area contributed by atoms with Gasteiger partial charge in [-0.3, -0.25) is 9.59 Å². The Labute approximate surface area is 189 Å². The van der Waals surface area contributed by atoms with Crippen molar-refractivity contribution < 1.29 is 31.9 Å². The molecular formula is C24H26F4N2O3. The van der Waals surface area contributed by atoms with Gasteiger partial charge in [-0.1, -0.05) is 18.2 Å². The number of alkyl halides is 3. The molecule has 2 aromatic carbocycles. The van der Waals surface area contributed by atoms with Crippen LogP contribution in [-0.2, 0) is 28.6 Å². The molecule has 3 rings (SSSR count). The third-order valence-electron chi connectivity index (χ3n) is 5.87. The van der Waals surface area contributed by atoms with Gasteiger partial charge in [-0.05, 0) is 55.0 Å². The van der Waals surface area contributed by atoms with Gasteiger partial charge in [0.2, 0.25) is 11.8 Å². The van der Waals surface area contributed by atoms with Crippen molar-refractivity contribution in [2.24, 2.45) is 0 Å². The van der Waals surface area contributed by atoms with Crippen LogP contribution in [0, 0.1) is 5.82 Å². The quantitative estimate of drug-likeness (QED) is 0.545. The highest BCUT2D eigenvalue weighted by molar-refractivity contribution is 5.80. The minimum absolute atomic E-state index is 0.130. The molecule has 1 aliphatic rings. The molecule has 1 aliphatic heterocycles. The number of carbonyl (C=O) groups is 2. The summed E-state index contributed by atoms with van der Waals surface area (Å²) in [5, 5.41) is 5.67. The smallest absolute Gasteiger partial charge is 0.416 e. The Balaban J connectivity index is 1.52. The number of hydrogen-bond acceptors (Lipinski definition) is 3. The largest absolute Gasteiger partial charge is 0.497 e. The van der Waals surface area contributed by atoms with Crippen LogP contribution in [0.15, 0.2) is 42.5 Å². The molecule has 0 aliphatic carbocycles. The van der Waals surface area contributed by atoms with E-state index in [0.717, 1.165) is 12.1 Å². The summed E-state index contributed by atoms with van der Waals surface area (Å²) < 4.78 is 57.3. The number of rotatable bonds is 9. The highest BCUT2D eigenvalue weighted by atomic mass is 19.4. The molecule has 33 heavy (non-hydrogen) atoms. The van der Waals surface area contributed by atoms with Gasteiger partial charge in [0.15, 0.2) is 0 Å². The number of ether oxygens (including phenoxy) is 1. The molecule has 2 N–H and O–H groups in total. The number of hydrogen-bond donors (Lipinski definition) is 2. The second kappa shape index (κ2) is 10.2. The van der Waals surface area contributed by atoms with Gasteiger partial charge >= 0.3 is 6.18 Å². The fourth-order valence-electron chi connectivity index (χ4n) is 3.99. The van der Waals surface area contributed by atoms with E-state index in [1.165, 1.54) is 25.3 Å². The maximum Gasteiger partial charge on any atom is 0.416 e. The van der Waals surface area contributed by atoms with Crippen LogP contribution >= 0.6 is 0 Å². The lowest BCUT2D eigenvalue weighted by Gasteiger charge is -2.29. The second-order valence-electron chi connectivity index (χ2n) is 8.26. The molecule has 9 heteroatoms. The Hall–Kier alpha value is -3.10. The van der Waals surface area contributed by atoms with Crippen LogP contribution in [-0.4, -0.2) is 31.0 Å². The summed E-state index contributed by atoms with van der Waals surface area (Å²) in [4.78, 5) is 24.2. The Morgan fingerprint density at radius 3 is 2.48 bits per heavy atom. The fourth-order valence-corrected chi connectivity index (χ4v) is 3.99. The summed E-state index contributed by atoms with van der Waals surface area (Å²) in [7, 11) is 1.45. The fraction of sp³-hybridized carbons (Fsp3) is 0.417. The van der Waals surface area contributed by atoms with Crippen LogP contribution in [0.4, 0.5) is 17.6 Å². The Bertz CT molecular complexity index is 992. The Morgan fingerprint density at radius 1 is 1.18 bits per heavy atom. The zero-order chi connectivity index (χ0) is 24.1. The summed E-state index contributed by atoms with van der Waals surface area (Å²) in [5.74, 6) is -0.409. The number of amides is 2. The van der Waals surface area contributed by atoms with Crippen molar-refractivity contribution in [1.82, 2.24) is 10.6 Å². The van der Waals surface area contributed by atoms with Crippen LogP contribution in [0.5, 0.6) is 5.75 Å². The van der Waals surface area contributed by atoms with E-state index in [2.05, 4.69) is 10.6 Å². The van der Waals surface area contributed by atoms with Crippen molar-refractivity contribution in [2.75, 3.05) is 13.7 Å². The van der Waals surface area contributed by atoms with Gasteiger partial charge in [-0.15, -0.1) is 0 Å². The summed E-state index contributed by atoms with van der Waals surface area (Å²) >= 11 is 0. The van der Waals surface area contributed by atoms with Crippen LogP contribution in [0.1, 0.15) is 42.4 Å². The van der Waals surface area contributed by atoms with E-state index in [9.17, 15) is 27.2 Å².